The quantitative estimate of drug-likeness (QED) is 0.599. The summed E-state index contributed by atoms with van der Waals surface area (Å²) in [6.45, 7) is 5.16. The maximum Gasteiger partial charge on any atom is 0.192 e. The van der Waals surface area contributed by atoms with E-state index in [9.17, 15) is 4.57 Å². The molecule has 11 heavy (non-hydrogen) atoms. The van der Waals surface area contributed by atoms with E-state index in [1.807, 2.05) is 6.92 Å². The summed E-state index contributed by atoms with van der Waals surface area (Å²) in [6, 6.07) is 0. The molecular weight excluding hydrogens is 179 g/mol. The summed E-state index contributed by atoms with van der Waals surface area (Å²) < 4.78 is 11.5. The predicted molar refractivity (Wildman–Crippen MR) is 52.7 cm³/mol. The molecule has 0 bridgehead atoms. The van der Waals surface area contributed by atoms with E-state index in [-0.39, 0.29) is 0 Å². The first-order valence-corrected chi connectivity index (χ1v) is 6.81. The van der Waals surface area contributed by atoms with Gasteiger partial charge in [-0.3, -0.25) is 0 Å². The molecule has 1 atom stereocenters. The van der Waals surface area contributed by atoms with Crippen molar-refractivity contribution in [2.75, 3.05) is 6.16 Å². The molecule has 0 aliphatic carbocycles. The van der Waals surface area contributed by atoms with E-state index in [2.05, 4.69) is 13.5 Å². The number of halogens is 1. The lowest BCUT2D eigenvalue weighted by molar-refractivity contribution is 0.587. The number of rotatable bonds is 5. The first kappa shape index (κ1) is 11.3. The molecule has 0 aromatic rings. The Labute approximate surface area is 74.0 Å². The molecule has 0 rings (SSSR count). The first-order chi connectivity index (χ1) is 5.04. The molecule has 0 radical (unpaired) electrons. The monoisotopic (exact) mass is 194 g/mol. The minimum Gasteiger partial charge on any atom is -0.302 e. The van der Waals surface area contributed by atoms with Gasteiger partial charge in [0.05, 0.1) is 0 Å². The van der Waals surface area contributed by atoms with Crippen LogP contribution in [0.4, 0.5) is 0 Å². The van der Waals surface area contributed by atoms with Crippen molar-refractivity contribution in [2.45, 2.75) is 33.1 Å². The summed E-state index contributed by atoms with van der Waals surface area (Å²) in [5.74, 6) is 0. The smallest absolute Gasteiger partial charge is 0.192 e. The van der Waals surface area contributed by atoms with Crippen LogP contribution in [0.25, 0.3) is 0 Å². The van der Waals surface area contributed by atoms with E-state index in [4.69, 9.17) is 11.2 Å². The molecule has 1 unspecified atom stereocenters. The third-order valence-electron chi connectivity index (χ3n) is 1.70. The highest BCUT2D eigenvalue weighted by molar-refractivity contribution is 7.92. The Morgan fingerprint density at radius 2 is 2.09 bits per heavy atom. The zero-order chi connectivity index (χ0) is 8.91. The lowest BCUT2D eigenvalue weighted by Gasteiger charge is -2.09. The second-order valence-corrected chi connectivity index (χ2v) is 6.84. The highest BCUT2D eigenvalue weighted by atomic mass is 35.7. The molecular formula is C8H16ClOP. The Hall–Kier alpha value is 0.260. The van der Waals surface area contributed by atoms with Crippen LogP contribution < -0.4 is 0 Å². The Morgan fingerprint density at radius 1 is 1.55 bits per heavy atom. The number of unbranched alkanes of at least 4 members (excludes halogenated alkanes) is 1. The molecule has 0 fully saturated rings. The lowest BCUT2D eigenvalue weighted by Crippen LogP contribution is -1.83. The molecule has 0 saturated carbocycles. The summed E-state index contributed by atoms with van der Waals surface area (Å²) in [6.07, 6.45) is 3.47. The van der Waals surface area contributed by atoms with E-state index in [1.54, 1.807) is 0 Å². The van der Waals surface area contributed by atoms with Crippen molar-refractivity contribution in [1.82, 2.24) is 0 Å². The zero-order valence-corrected chi connectivity index (χ0v) is 8.92. The van der Waals surface area contributed by atoms with Crippen LogP contribution in [0.1, 0.15) is 33.1 Å². The van der Waals surface area contributed by atoms with Gasteiger partial charge in [0.2, 0.25) is 0 Å². The van der Waals surface area contributed by atoms with Crippen LogP contribution in [0.5, 0.6) is 0 Å². The van der Waals surface area contributed by atoms with Gasteiger partial charge in [0, 0.05) is 6.16 Å². The minimum absolute atomic E-state index is 0.525. The molecule has 0 heterocycles. The highest BCUT2D eigenvalue weighted by Gasteiger charge is 2.18. The van der Waals surface area contributed by atoms with E-state index < -0.39 is 6.49 Å². The fourth-order valence-corrected chi connectivity index (χ4v) is 1.96. The molecule has 0 saturated heterocycles. The van der Waals surface area contributed by atoms with Crippen LogP contribution in [-0.4, -0.2) is 6.16 Å². The van der Waals surface area contributed by atoms with Gasteiger partial charge in [0.25, 0.3) is 0 Å². The zero-order valence-electron chi connectivity index (χ0n) is 7.27. The third kappa shape index (κ3) is 3.98. The van der Waals surface area contributed by atoms with Gasteiger partial charge < -0.3 is 4.57 Å². The highest BCUT2D eigenvalue weighted by Crippen LogP contribution is 2.59. The van der Waals surface area contributed by atoms with Gasteiger partial charge in [-0.1, -0.05) is 26.8 Å². The van der Waals surface area contributed by atoms with Crippen LogP contribution in [-0.2, 0) is 4.57 Å². The molecule has 0 amide bonds. The van der Waals surface area contributed by atoms with Crippen molar-refractivity contribution in [3.63, 3.8) is 0 Å². The van der Waals surface area contributed by atoms with Gasteiger partial charge in [-0.25, -0.2) is 0 Å². The van der Waals surface area contributed by atoms with Gasteiger partial charge in [-0.2, -0.15) is 0 Å². The van der Waals surface area contributed by atoms with Crippen LogP contribution in [0.3, 0.4) is 0 Å². The molecule has 0 spiro atoms. The van der Waals surface area contributed by atoms with Crippen molar-refractivity contribution in [3.8, 4) is 0 Å². The second-order valence-electron chi connectivity index (χ2n) is 2.64. The number of hydrogen-bond donors (Lipinski definition) is 0. The maximum absolute atomic E-state index is 11.5. The van der Waals surface area contributed by atoms with E-state index >= 15 is 0 Å². The van der Waals surface area contributed by atoms with Gasteiger partial charge in [-0.15, -0.1) is 0 Å². The average Bonchev–Trinajstić information content (AvgIpc) is 2.00. The summed E-state index contributed by atoms with van der Waals surface area (Å²) in [5, 5.41) is 0.739. The fraction of sp³-hybridized carbons (Fsp3) is 0.750. The second kappa shape index (κ2) is 5.00. The predicted octanol–water partition coefficient (Wildman–Crippen LogP) is 4.23. The van der Waals surface area contributed by atoms with Crippen LogP contribution in [0.2, 0.25) is 0 Å². The molecule has 0 N–H and O–H groups in total. The van der Waals surface area contributed by atoms with Crippen molar-refractivity contribution in [3.05, 3.63) is 11.9 Å². The van der Waals surface area contributed by atoms with Crippen molar-refractivity contribution in [1.29, 1.82) is 0 Å². The molecule has 3 heteroatoms. The van der Waals surface area contributed by atoms with Gasteiger partial charge >= 0.3 is 0 Å². The Balaban J connectivity index is 3.93. The van der Waals surface area contributed by atoms with Crippen LogP contribution in [0, 0.1) is 0 Å². The molecule has 0 aliphatic rings. The Kier molecular flexibility index (Phi) is 5.12. The molecule has 66 valence electrons. The topological polar surface area (TPSA) is 17.1 Å². The van der Waals surface area contributed by atoms with E-state index in [0.717, 1.165) is 24.6 Å². The third-order valence-corrected chi connectivity index (χ3v) is 5.11. The molecule has 0 aromatic heterocycles. The normalized spacial score (nSPS) is 15.9. The average molecular weight is 195 g/mol. The Bertz CT molecular complexity index is 177. The standard InChI is InChI=1S/C8H16ClOP/c1-4-6-7-8(3)11(9,10)5-2/h3-7H2,1-2H3. The fourth-order valence-electron chi connectivity index (χ4n) is 0.771. The SMILES string of the molecule is C=C(CCCC)P(=O)(Cl)CC. The number of allylic oxidation sites excluding steroid dienone is 1. The summed E-state index contributed by atoms with van der Waals surface area (Å²) in [5.41, 5.74) is 0. The largest absolute Gasteiger partial charge is 0.302 e. The van der Waals surface area contributed by atoms with Crippen molar-refractivity contribution >= 4 is 17.7 Å². The molecule has 1 nitrogen and oxygen atoms in total. The van der Waals surface area contributed by atoms with Crippen LogP contribution >= 0.6 is 17.7 Å². The molecule has 0 aliphatic heterocycles. The summed E-state index contributed by atoms with van der Waals surface area (Å²) in [7, 11) is 0. The van der Waals surface area contributed by atoms with Gasteiger partial charge in [0.15, 0.2) is 6.49 Å². The first-order valence-electron chi connectivity index (χ1n) is 4.01. The maximum atomic E-state index is 11.5. The summed E-state index contributed by atoms with van der Waals surface area (Å²) in [4.78, 5) is 0. The molecule has 0 aromatic carbocycles. The van der Waals surface area contributed by atoms with Gasteiger partial charge in [-0.05, 0) is 29.4 Å². The number of hydrogen-bond acceptors (Lipinski definition) is 1. The van der Waals surface area contributed by atoms with Crippen molar-refractivity contribution < 1.29 is 4.57 Å². The van der Waals surface area contributed by atoms with Crippen LogP contribution in [0.15, 0.2) is 11.9 Å². The van der Waals surface area contributed by atoms with E-state index in [0.29, 0.717) is 6.16 Å². The van der Waals surface area contributed by atoms with Gasteiger partial charge in [0.1, 0.15) is 0 Å². The summed E-state index contributed by atoms with van der Waals surface area (Å²) >= 11 is 5.76. The minimum atomic E-state index is -2.52. The van der Waals surface area contributed by atoms with E-state index in [1.165, 1.54) is 0 Å². The lowest BCUT2D eigenvalue weighted by atomic mass is 10.2. The van der Waals surface area contributed by atoms with Crippen molar-refractivity contribution in [2.24, 2.45) is 0 Å². The Morgan fingerprint density at radius 3 is 2.45 bits per heavy atom.